The number of ether oxygens (including phenoxy) is 1. The second-order valence-electron chi connectivity index (χ2n) is 5.26. The molecule has 0 N–H and O–H groups in total. The van der Waals surface area contributed by atoms with Crippen molar-refractivity contribution in [3.63, 3.8) is 0 Å². The average Bonchev–Trinajstić information content (AvgIpc) is 2.55. The van der Waals surface area contributed by atoms with Crippen LogP contribution < -0.4 is 0 Å². The highest BCUT2D eigenvalue weighted by molar-refractivity contribution is 5.81. The van der Waals surface area contributed by atoms with Gasteiger partial charge in [0.2, 0.25) is 0 Å². The van der Waals surface area contributed by atoms with Crippen LogP contribution in [0.1, 0.15) is 31.1 Å². The van der Waals surface area contributed by atoms with Crippen molar-refractivity contribution in [2.45, 2.75) is 26.0 Å². The highest BCUT2D eigenvalue weighted by atomic mass is 19.1. The van der Waals surface area contributed by atoms with Gasteiger partial charge in [-0.05, 0) is 43.7 Å². The lowest BCUT2D eigenvalue weighted by Gasteiger charge is -2.30. The highest BCUT2D eigenvalue weighted by Gasteiger charge is 2.28. The van der Waals surface area contributed by atoms with Crippen molar-refractivity contribution >= 4 is 5.91 Å². The van der Waals surface area contributed by atoms with Crippen molar-refractivity contribution in [3.05, 3.63) is 65.7 Å². The first kappa shape index (κ1) is 17.1. The molecule has 0 aliphatic carbocycles. The van der Waals surface area contributed by atoms with E-state index in [0.29, 0.717) is 17.9 Å². The maximum absolute atomic E-state index is 13.6. The topological polar surface area (TPSA) is 42.4 Å². The van der Waals surface area contributed by atoms with Crippen molar-refractivity contribution in [1.29, 1.82) is 0 Å². The van der Waals surface area contributed by atoms with Crippen LogP contribution in [0.4, 0.5) is 4.39 Å². The molecule has 122 valence electrons. The predicted octanol–water partition coefficient (Wildman–Crippen LogP) is 3.19. The molecular formula is C18H21FN2O2. The molecule has 2 atom stereocenters. The van der Waals surface area contributed by atoms with Crippen LogP contribution in [-0.4, -0.2) is 35.5 Å². The van der Waals surface area contributed by atoms with Crippen LogP contribution in [-0.2, 0) is 9.53 Å². The minimum absolute atomic E-state index is 0.174. The van der Waals surface area contributed by atoms with Gasteiger partial charge >= 0.3 is 0 Å². The summed E-state index contributed by atoms with van der Waals surface area (Å²) in [5, 5.41) is 0. The summed E-state index contributed by atoms with van der Waals surface area (Å²) in [7, 11) is 1.68. The molecule has 2 aromatic rings. The number of carbonyl (C=O) groups is 1. The molecule has 5 heteroatoms. The Hall–Kier alpha value is -2.27. The predicted molar refractivity (Wildman–Crippen MR) is 86.3 cm³/mol. The number of nitrogens with zero attached hydrogens (tertiary/aromatic N) is 2. The molecule has 0 aliphatic heterocycles. The molecule has 0 bridgehead atoms. The highest BCUT2D eigenvalue weighted by Crippen LogP contribution is 2.27. The van der Waals surface area contributed by atoms with E-state index in [4.69, 9.17) is 4.74 Å². The smallest absolute Gasteiger partial charge is 0.251 e. The van der Waals surface area contributed by atoms with Crippen LogP contribution in [0.25, 0.3) is 0 Å². The van der Waals surface area contributed by atoms with Gasteiger partial charge in [-0.15, -0.1) is 0 Å². The summed E-state index contributed by atoms with van der Waals surface area (Å²) >= 11 is 0. The molecule has 0 fully saturated rings. The molecule has 1 amide bonds. The van der Waals surface area contributed by atoms with Gasteiger partial charge in [0.05, 0.1) is 11.7 Å². The summed E-state index contributed by atoms with van der Waals surface area (Å²) in [5.41, 5.74) is 1.35. The quantitative estimate of drug-likeness (QED) is 0.822. The zero-order valence-electron chi connectivity index (χ0n) is 13.6. The van der Waals surface area contributed by atoms with E-state index in [1.165, 1.54) is 12.1 Å². The maximum Gasteiger partial charge on any atom is 0.251 e. The van der Waals surface area contributed by atoms with Crippen LogP contribution in [0, 0.1) is 5.82 Å². The molecule has 4 nitrogen and oxygen atoms in total. The Bertz CT molecular complexity index is 648. The van der Waals surface area contributed by atoms with Gasteiger partial charge < -0.3 is 9.64 Å². The zero-order chi connectivity index (χ0) is 16.8. The van der Waals surface area contributed by atoms with E-state index in [-0.39, 0.29) is 11.7 Å². The fraction of sp³-hybridized carbons (Fsp3) is 0.333. The number of amides is 1. The third-order valence-corrected chi connectivity index (χ3v) is 3.63. The minimum Gasteiger partial charge on any atom is -0.369 e. The van der Waals surface area contributed by atoms with E-state index in [2.05, 4.69) is 4.98 Å². The summed E-state index contributed by atoms with van der Waals surface area (Å²) in [5.74, 6) is -0.520. The summed E-state index contributed by atoms with van der Waals surface area (Å²) in [4.78, 5) is 18.5. The van der Waals surface area contributed by atoms with E-state index >= 15 is 0 Å². The lowest BCUT2D eigenvalue weighted by Crippen LogP contribution is -2.39. The van der Waals surface area contributed by atoms with Crippen LogP contribution in [0.2, 0.25) is 0 Å². The molecule has 1 aromatic carbocycles. The van der Waals surface area contributed by atoms with Crippen molar-refractivity contribution in [2.24, 2.45) is 0 Å². The second kappa shape index (κ2) is 7.83. The normalized spacial score (nSPS) is 13.4. The molecule has 1 heterocycles. The van der Waals surface area contributed by atoms with Crippen LogP contribution >= 0.6 is 0 Å². The second-order valence-corrected chi connectivity index (χ2v) is 5.26. The maximum atomic E-state index is 13.6. The number of aromatic nitrogens is 1. The molecule has 2 rings (SSSR count). The third kappa shape index (κ3) is 4.13. The van der Waals surface area contributed by atoms with Gasteiger partial charge in [-0.25, -0.2) is 4.39 Å². The van der Waals surface area contributed by atoms with E-state index < -0.39 is 12.1 Å². The Labute approximate surface area is 135 Å². The van der Waals surface area contributed by atoms with Gasteiger partial charge in [0.25, 0.3) is 5.91 Å². The first-order valence-corrected chi connectivity index (χ1v) is 7.59. The largest absolute Gasteiger partial charge is 0.369 e. The fourth-order valence-electron chi connectivity index (χ4n) is 2.54. The monoisotopic (exact) mass is 316 g/mol. The lowest BCUT2D eigenvalue weighted by molar-refractivity contribution is -0.142. The number of hydrogen-bond donors (Lipinski definition) is 0. The minimum atomic E-state index is -0.565. The Morgan fingerprint density at radius 3 is 2.70 bits per heavy atom. The molecule has 0 saturated carbocycles. The van der Waals surface area contributed by atoms with Crippen LogP contribution in [0.3, 0.4) is 0 Å². The zero-order valence-corrected chi connectivity index (χ0v) is 13.6. The average molecular weight is 316 g/mol. The number of carbonyl (C=O) groups excluding carboxylic acids is 1. The number of benzene rings is 1. The standard InChI is InChI=1S/C18H21FN2O2/c1-4-23-13(2)18(22)21(3)17(16-10-5-6-11-20-16)14-8-7-9-15(19)12-14/h5-13,17H,4H2,1-3H3/t13-,17-/m1/s1. The Morgan fingerprint density at radius 2 is 2.09 bits per heavy atom. The van der Waals surface area contributed by atoms with E-state index in [0.717, 1.165) is 0 Å². The number of hydrogen-bond acceptors (Lipinski definition) is 3. The third-order valence-electron chi connectivity index (χ3n) is 3.63. The molecule has 0 radical (unpaired) electrons. The number of pyridine rings is 1. The van der Waals surface area contributed by atoms with E-state index in [1.54, 1.807) is 43.3 Å². The summed E-state index contributed by atoms with van der Waals surface area (Å²) in [6, 6.07) is 11.2. The Kier molecular flexibility index (Phi) is 5.82. The summed E-state index contributed by atoms with van der Waals surface area (Å²) < 4.78 is 19.0. The van der Waals surface area contributed by atoms with Gasteiger partial charge in [0.1, 0.15) is 11.9 Å². The van der Waals surface area contributed by atoms with E-state index in [1.807, 2.05) is 19.1 Å². The van der Waals surface area contributed by atoms with Crippen molar-refractivity contribution in [1.82, 2.24) is 9.88 Å². The van der Waals surface area contributed by atoms with Crippen LogP contribution in [0.5, 0.6) is 0 Å². The molecular weight excluding hydrogens is 295 g/mol. The van der Waals surface area contributed by atoms with Crippen molar-refractivity contribution in [3.8, 4) is 0 Å². The fourth-order valence-corrected chi connectivity index (χ4v) is 2.54. The van der Waals surface area contributed by atoms with Gasteiger partial charge in [0.15, 0.2) is 0 Å². The summed E-state index contributed by atoms with van der Waals surface area (Å²) in [6.07, 6.45) is 1.09. The van der Waals surface area contributed by atoms with E-state index in [9.17, 15) is 9.18 Å². The van der Waals surface area contributed by atoms with Crippen LogP contribution in [0.15, 0.2) is 48.7 Å². The molecule has 0 saturated heterocycles. The van der Waals surface area contributed by atoms with Gasteiger partial charge in [0, 0.05) is 19.9 Å². The van der Waals surface area contributed by atoms with Gasteiger partial charge in [-0.2, -0.15) is 0 Å². The van der Waals surface area contributed by atoms with Crippen molar-refractivity contribution in [2.75, 3.05) is 13.7 Å². The Balaban J connectivity index is 2.40. The summed E-state index contributed by atoms with van der Waals surface area (Å²) in [6.45, 7) is 4.00. The van der Waals surface area contributed by atoms with Gasteiger partial charge in [-0.1, -0.05) is 18.2 Å². The Morgan fingerprint density at radius 1 is 1.30 bits per heavy atom. The van der Waals surface area contributed by atoms with Gasteiger partial charge in [-0.3, -0.25) is 9.78 Å². The molecule has 0 unspecified atom stereocenters. The SMILES string of the molecule is CCO[C@H](C)C(=O)N(C)[C@H](c1cccc(F)c1)c1ccccn1. The first-order chi connectivity index (χ1) is 11.0. The van der Waals surface area contributed by atoms with Crippen molar-refractivity contribution < 1.29 is 13.9 Å². The number of likely N-dealkylation sites (N-methyl/N-ethyl adjacent to an activating group) is 1. The first-order valence-electron chi connectivity index (χ1n) is 7.59. The molecule has 23 heavy (non-hydrogen) atoms. The number of rotatable bonds is 6. The lowest BCUT2D eigenvalue weighted by atomic mass is 10.0. The molecule has 0 aliphatic rings. The molecule has 1 aromatic heterocycles. The molecule has 0 spiro atoms. The number of halogens is 1.